The Bertz CT molecular complexity index is 966. The SMILES string of the molecule is CC(=O)OC(C)C1(C(C)C)CCC(C2CCC3C4CCC5=CC(=O)CCC5(C)C4CCC23C)C(=O)O1. The average molecular weight is 499 g/mol. The zero-order chi connectivity index (χ0) is 26.0. The number of fused-ring (bicyclic) bond motifs is 5. The third kappa shape index (κ3) is 3.81. The lowest BCUT2D eigenvalue weighted by atomic mass is 9.46. The standard InChI is InChI=1S/C31H46O5/c1-18(2)31(19(3)35-20(4)32)16-12-24(28(34)36-31)26-10-9-25-23-8-7-21-17-22(33)11-14-29(21,5)27(23)13-15-30(25,26)6/h17-19,23-27H,7-16H2,1-6H3. The number of esters is 2. The van der Waals surface area contributed by atoms with Gasteiger partial charge in [-0.25, -0.2) is 0 Å². The van der Waals surface area contributed by atoms with E-state index in [1.165, 1.54) is 38.2 Å². The molecule has 0 aromatic carbocycles. The number of ketones is 1. The highest BCUT2D eigenvalue weighted by Crippen LogP contribution is 2.68. The Morgan fingerprint density at radius 3 is 2.33 bits per heavy atom. The van der Waals surface area contributed by atoms with Crippen LogP contribution in [-0.4, -0.2) is 29.4 Å². The van der Waals surface area contributed by atoms with Crippen LogP contribution in [0.3, 0.4) is 0 Å². The lowest BCUT2D eigenvalue weighted by Crippen LogP contribution is -2.57. The zero-order valence-corrected chi connectivity index (χ0v) is 23.2. The van der Waals surface area contributed by atoms with Crippen molar-refractivity contribution in [2.75, 3.05) is 0 Å². The molecule has 0 amide bonds. The highest BCUT2D eigenvalue weighted by molar-refractivity contribution is 5.91. The smallest absolute Gasteiger partial charge is 0.309 e. The van der Waals surface area contributed by atoms with Crippen LogP contribution in [0.5, 0.6) is 0 Å². The van der Waals surface area contributed by atoms with Gasteiger partial charge >= 0.3 is 11.9 Å². The van der Waals surface area contributed by atoms with Crippen LogP contribution < -0.4 is 0 Å². The number of cyclic esters (lactones) is 1. The third-order valence-electron chi connectivity index (χ3n) is 12.0. The van der Waals surface area contributed by atoms with E-state index in [-0.39, 0.29) is 34.6 Å². The van der Waals surface area contributed by atoms with E-state index in [1.807, 2.05) is 13.0 Å². The van der Waals surface area contributed by atoms with E-state index >= 15 is 0 Å². The first-order valence-corrected chi connectivity index (χ1v) is 14.6. The van der Waals surface area contributed by atoms with E-state index in [4.69, 9.17) is 9.47 Å². The largest absolute Gasteiger partial charge is 0.459 e. The molecule has 4 aliphatic carbocycles. The lowest BCUT2D eigenvalue weighted by molar-refractivity contribution is -0.212. The van der Waals surface area contributed by atoms with Gasteiger partial charge in [-0.2, -0.15) is 0 Å². The minimum Gasteiger partial charge on any atom is -0.459 e. The van der Waals surface area contributed by atoms with Crippen molar-refractivity contribution in [3.05, 3.63) is 11.6 Å². The zero-order valence-electron chi connectivity index (χ0n) is 23.2. The molecule has 5 aliphatic rings. The summed E-state index contributed by atoms with van der Waals surface area (Å²) in [6.07, 6.45) is 11.8. The molecule has 0 aromatic rings. The predicted molar refractivity (Wildman–Crippen MR) is 138 cm³/mol. The van der Waals surface area contributed by atoms with Crippen molar-refractivity contribution in [3.63, 3.8) is 0 Å². The molecule has 0 radical (unpaired) electrons. The van der Waals surface area contributed by atoms with Crippen LogP contribution in [0.2, 0.25) is 0 Å². The number of rotatable bonds is 4. The molecule has 4 fully saturated rings. The summed E-state index contributed by atoms with van der Waals surface area (Å²) >= 11 is 0. The molecule has 3 saturated carbocycles. The van der Waals surface area contributed by atoms with Crippen molar-refractivity contribution in [1.29, 1.82) is 0 Å². The van der Waals surface area contributed by atoms with Crippen molar-refractivity contribution in [2.45, 2.75) is 117 Å². The molecular weight excluding hydrogens is 452 g/mol. The van der Waals surface area contributed by atoms with Gasteiger partial charge in [0, 0.05) is 13.3 Å². The molecule has 36 heavy (non-hydrogen) atoms. The first-order valence-electron chi connectivity index (χ1n) is 14.6. The summed E-state index contributed by atoms with van der Waals surface area (Å²) in [7, 11) is 0. The third-order valence-corrected chi connectivity index (χ3v) is 12.0. The van der Waals surface area contributed by atoms with Crippen LogP contribution >= 0.6 is 0 Å². The van der Waals surface area contributed by atoms with Crippen molar-refractivity contribution in [1.82, 2.24) is 0 Å². The summed E-state index contributed by atoms with van der Waals surface area (Å²) in [6, 6.07) is 0. The maximum absolute atomic E-state index is 13.7. The summed E-state index contributed by atoms with van der Waals surface area (Å²) in [6.45, 7) is 12.3. The van der Waals surface area contributed by atoms with E-state index in [2.05, 4.69) is 27.7 Å². The van der Waals surface area contributed by atoms with Gasteiger partial charge in [0.2, 0.25) is 0 Å². The second kappa shape index (κ2) is 8.98. The van der Waals surface area contributed by atoms with Gasteiger partial charge in [-0.05, 0) is 111 Å². The van der Waals surface area contributed by atoms with Crippen LogP contribution in [0.15, 0.2) is 11.6 Å². The van der Waals surface area contributed by atoms with Crippen molar-refractivity contribution >= 4 is 17.7 Å². The molecule has 200 valence electrons. The molecule has 9 unspecified atom stereocenters. The van der Waals surface area contributed by atoms with Crippen LogP contribution in [0.25, 0.3) is 0 Å². The molecule has 0 spiro atoms. The van der Waals surface area contributed by atoms with Crippen LogP contribution in [0.1, 0.15) is 106 Å². The molecule has 0 bridgehead atoms. The van der Waals surface area contributed by atoms with Crippen molar-refractivity contribution in [2.24, 2.45) is 46.3 Å². The number of hydrogen-bond acceptors (Lipinski definition) is 5. The topological polar surface area (TPSA) is 69.7 Å². The molecule has 1 saturated heterocycles. The fourth-order valence-electron chi connectivity index (χ4n) is 9.95. The number of allylic oxidation sites excluding steroid dienone is 1. The number of carbonyl (C=O) groups is 3. The maximum Gasteiger partial charge on any atom is 0.309 e. The molecule has 5 nitrogen and oxygen atoms in total. The van der Waals surface area contributed by atoms with Crippen molar-refractivity contribution < 1.29 is 23.9 Å². The van der Waals surface area contributed by atoms with Gasteiger partial charge in [0.15, 0.2) is 11.4 Å². The number of ether oxygens (including phenoxy) is 2. The van der Waals surface area contributed by atoms with Gasteiger partial charge in [0.25, 0.3) is 0 Å². The normalized spacial score (nSPS) is 45.2. The van der Waals surface area contributed by atoms with Crippen LogP contribution in [-0.2, 0) is 23.9 Å². The fourth-order valence-corrected chi connectivity index (χ4v) is 9.95. The van der Waals surface area contributed by atoms with Gasteiger partial charge < -0.3 is 9.47 Å². The second-order valence-electron chi connectivity index (χ2n) is 13.6. The van der Waals surface area contributed by atoms with E-state index in [9.17, 15) is 14.4 Å². The molecule has 5 heteroatoms. The molecule has 0 N–H and O–H groups in total. The summed E-state index contributed by atoms with van der Waals surface area (Å²) in [5, 5.41) is 0. The van der Waals surface area contributed by atoms with E-state index in [0.717, 1.165) is 32.1 Å². The van der Waals surface area contributed by atoms with Crippen molar-refractivity contribution in [3.8, 4) is 0 Å². The molecule has 9 atom stereocenters. The summed E-state index contributed by atoms with van der Waals surface area (Å²) in [5.74, 6) is 2.31. The Kier molecular flexibility index (Phi) is 6.48. The molecule has 1 heterocycles. The van der Waals surface area contributed by atoms with E-state index in [1.54, 1.807) is 0 Å². The Labute approximate surface area is 217 Å². The Balaban J connectivity index is 1.35. The summed E-state index contributed by atoms with van der Waals surface area (Å²) in [4.78, 5) is 37.5. The minimum atomic E-state index is -0.741. The fraction of sp³-hybridized carbons (Fsp3) is 0.839. The van der Waals surface area contributed by atoms with Gasteiger partial charge in [-0.15, -0.1) is 0 Å². The Morgan fingerprint density at radius 2 is 1.67 bits per heavy atom. The number of carbonyl (C=O) groups excluding carboxylic acids is 3. The number of hydrogen-bond donors (Lipinski definition) is 0. The highest BCUT2D eigenvalue weighted by Gasteiger charge is 2.62. The second-order valence-corrected chi connectivity index (χ2v) is 13.6. The van der Waals surface area contributed by atoms with Crippen LogP contribution in [0, 0.1) is 46.3 Å². The first kappa shape index (κ1) is 26.0. The van der Waals surface area contributed by atoms with Gasteiger partial charge in [0.1, 0.15) is 6.10 Å². The van der Waals surface area contributed by atoms with E-state index in [0.29, 0.717) is 35.9 Å². The first-order chi connectivity index (χ1) is 16.9. The highest BCUT2D eigenvalue weighted by atomic mass is 16.6. The minimum absolute atomic E-state index is 0.0603. The molecule has 5 rings (SSSR count). The van der Waals surface area contributed by atoms with Gasteiger partial charge in [-0.1, -0.05) is 33.3 Å². The molecule has 0 aromatic heterocycles. The lowest BCUT2D eigenvalue weighted by Gasteiger charge is -2.58. The summed E-state index contributed by atoms with van der Waals surface area (Å²) < 4.78 is 11.8. The molecular formula is C31H46O5. The maximum atomic E-state index is 13.7. The quantitative estimate of drug-likeness (QED) is 0.418. The average Bonchev–Trinajstić information content (AvgIpc) is 3.15. The van der Waals surface area contributed by atoms with Crippen LogP contribution in [0.4, 0.5) is 0 Å². The summed E-state index contributed by atoms with van der Waals surface area (Å²) in [5.41, 5.74) is 1.03. The Morgan fingerprint density at radius 1 is 0.944 bits per heavy atom. The van der Waals surface area contributed by atoms with Gasteiger partial charge in [0.05, 0.1) is 5.92 Å². The Hall–Kier alpha value is -1.65. The predicted octanol–water partition coefficient (Wildman–Crippen LogP) is 6.43. The molecule has 1 aliphatic heterocycles. The van der Waals surface area contributed by atoms with E-state index < -0.39 is 11.7 Å². The monoisotopic (exact) mass is 498 g/mol. The van der Waals surface area contributed by atoms with Gasteiger partial charge in [-0.3, -0.25) is 14.4 Å².